The summed E-state index contributed by atoms with van der Waals surface area (Å²) in [5, 5.41) is 2.37. The average Bonchev–Trinajstić information content (AvgIpc) is 2.51. The Hall–Kier alpha value is -2.25. The Kier molecular flexibility index (Phi) is 4.40. The van der Waals surface area contributed by atoms with Gasteiger partial charge in [0.1, 0.15) is 18.6 Å². The van der Waals surface area contributed by atoms with Gasteiger partial charge in [0.25, 0.3) is 0 Å². The molecule has 7 nitrogen and oxygen atoms in total. The molecule has 7 heteroatoms. The molecule has 1 aromatic carbocycles. The minimum Gasteiger partial charge on any atom is -0.356 e. The number of aliphatic imine (C=N–C) groups is 1. The number of rotatable bonds is 2. The molecule has 0 radical (unpaired) electrons. The summed E-state index contributed by atoms with van der Waals surface area (Å²) in [6, 6.07) is 5.35. The number of imide groups is 1. The van der Waals surface area contributed by atoms with Crippen molar-refractivity contribution in [3.05, 3.63) is 29.3 Å². The van der Waals surface area contributed by atoms with Gasteiger partial charge in [0.05, 0.1) is 12.3 Å². The van der Waals surface area contributed by atoms with Gasteiger partial charge in [-0.25, -0.2) is 4.99 Å². The summed E-state index contributed by atoms with van der Waals surface area (Å²) in [6.07, 6.45) is 0.796. The van der Waals surface area contributed by atoms with E-state index in [1.807, 2.05) is 25.1 Å². The molecule has 122 valence electrons. The topological polar surface area (TPSA) is 97.0 Å². The molecule has 23 heavy (non-hydrogen) atoms. The summed E-state index contributed by atoms with van der Waals surface area (Å²) in [5.41, 5.74) is 8.57. The van der Waals surface area contributed by atoms with Crippen LogP contribution in [0, 0.1) is 0 Å². The first-order chi connectivity index (χ1) is 11.1. The van der Waals surface area contributed by atoms with Gasteiger partial charge in [-0.15, -0.1) is 0 Å². The predicted molar refractivity (Wildman–Crippen MR) is 84.8 cm³/mol. The van der Waals surface area contributed by atoms with Crippen LogP contribution in [0.3, 0.4) is 0 Å². The molecular formula is C16H20N4O3. The summed E-state index contributed by atoms with van der Waals surface area (Å²) in [6.45, 7) is 2.92. The quantitative estimate of drug-likeness (QED) is 0.786. The molecule has 3 rings (SSSR count). The number of piperidine rings is 1. The zero-order chi connectivity index (χ0) is 16.4. The summed E-state index contributed by atoms with van der Waals surface area (Å²) in [5.74, 6) is 0.164. The molecule has 3 N–H and O–H groups in total. The minimum absolute atomic E-state index is 0.230. The van der Waals surface area contributed by atoms with Gasteiger partial charge in [-0.05, 0) is 25.0 Å². The number of carbonyl (C=O) groups excluding carboxylic acids is 2. The normalized spacial score (nSPS) is 21.9. The fourth-order valence-electron chi connectivity index (χ4n) is 2.96. The number of nitrogens with two attached hydrogens (primary N) is 1. The Morgan fingerprint density at radius 3 is 3.00 bits per heavy atom. The second-order valence-electron chi connectivity index (χ2n) is 5.69. The summed E-state index contributed by atoms with van der Waals surface area (Å²) in [4.78, 5) is 29.9. The van der Waals surface area contributed by atoms with Crippen molar-refractivity contribution < 1.29 is 14.3 Å². The van der Waals surface area contributed by atoms with Gasteiger partial charge in [-0.2, -0.15) is 0 Å². The number of amidine groups is 1. The highest BCUT2D eigenvalue weighted by atomic mass is 16.5. The number of nitrogens with one attached hydrogen (secondary N) is 1. The molecule has 0 bridgehead atoms. The second-order valence-corrected chi connectivity index (χ2v) is 5.69. The van der Waals surface area contributed by atoms with Crippen LogP contribution in [0.4, 0.5) is 5.69 Å². The third-order valence-electron chi connectivity index (χ3n) is 4.23. The van der Waals surface area contributed by atoms with Gasteiger partial charge in [-0.1, -0.05) is 12.1 Å². The fourth-order valence-corrected chi connectivity index (χ4v) is 2.96. The van der Waals surface area contributed by atoms with Crippen LogP contribution in [0.25, 0.3) is 0 Å². The number of nitrogens with zero attached hydrogens (tertiary/aromatic N) is 2. The first-order valence-corrected chi connectivity index (χ1v) is 7.64. The number of hydrogen-bond acceptors (Lipinski definition) is 6. The maximum Gasteiger partial charge on any atom is 0.249 e. The molecule has 2 heterocycles. The summed E-state index contributed by atoms with van der Waals surface area (Å²) >= 11 is 0. The highest BCUT2D eigenvalue weighted by molar-refractivity contribution is 6.02. The largest absolute Gasteiger partial charge is 0.356 e. The van der Waals surface area contributed by atoms with E-state index in [0.29, 0.717) is 31.8 Å². The molecule has 0 aliphatic carbocycles. The Balaban J connectivity index is 1.92. The lowest BCUT2D eigenvalue weighted by atomic mass is 10.0. The van der Waals surface area contributed by atoms with Gasteiger partial charge in [-0.3, -0.25) is 14.9 Å². The molecule has 0 saturated carbocycles. The number of fused-ring (bicyclic) bond motifs is 1. The molecule has 1 fully saturated rings. The maximum atomic E-state index is 12.1. The number of hydrogen-bond donors (Lipinski definition) is 2. The molecule has 1 atom stereocenters. The number of ether oxygens (including phenoxy) is 1. The van der Waals surface area contributed by atoms with Gasteiger partial charge in [0, 0.05) is 18.5 Å². The van der Waals surface area contributed by atoms with Crippen molar-refractivity contribution in [2.24, 2.45) is 10.7 Å². The smallest absolute Gasteiger partial charge is 0.249 e. The zero-order valence-electron chi connectivity index (χ0n) is 13.0. The lowest BCUT2D eigenvalue weighted by molar-refractivity contribution is -0.137. The van der Waals surface area contributed by atoms with E-state index in [1.165, 1.54) is 0 Å². The van der Waals surface area contributed by atoms with Gasteiger partial charge >= 0.3 is 0 Å². The van der Waals surface area contributed by atoms with Crippen molar-refractivity contribution in [1.82, 2.24) is 10.2 Å². The summed E-state index contributed by atoms with van der Waals surface area (Å²) < 4.78 is 5.78. The monoisotopic (exact) mass is 316 g/mol. The van der Waals surface area contributed by atoms with E-state index in [0.717, 1.165) is 16.8 Å². The number of benzene rings is 1. The van der Waals surface area contributed by atoms with Crippen LogP contribution >= 0.6 is 0 Å². The van der Waals surface area contributed by atoms with E-state index in [1.54, 1.807) is 4.90 Å². The van der Waals surface area contributed by atoms with Gasteiger partial charge in [0.15, 0.2) is 0 Å². The van der Waals surface area contributed by atoms with Crippen molar-refractivity contribution in [3.8, 4) is 0 Å². The van der Waals surface area contributed by atoms with E-state index < -0.39 is 6.04 Å². The van der Waals surface area contributed by atoms with Crippen LogP contribution in [0.5, 0.6) is 0 Å². The number of carbonyl (C=O) groups is 2. The van der Waals surface area contributed by atoms with Gasteiger partial charge < -0.3 is 15.4 Å². The Morgan fingerprint density at radius 1 is 1.43 bits per heavy atom. The Labute approximate surface area is 134 Å². The maximum absolute atomic E-state index is 12.1. The molecule has 1 aromatic rings. The lowest BCUT2D eigenvalue weighted by Gasteiger charge is -2.35. The standard InChI is InChI=1S/C16H20N4O3/c1-10-18-13-4-2-3-11(7-17)12(13)8-23-9-20(10)14-5-6-15(21)19-16(14)22/h2-4,14H,5-9,17H2,1H3,(H,19,21,22). The molecular weight excluding hydrogens is 296 g/mol. The highest BCUT2D eigenvalue weighted by Crippen LogP contribution is 2.27. The third-order valence-corrected chi connectivity index (χ3v) is 4.23. The van der Waals surface area contributed by atoms with E-state index in [2.05, 4.69) is 10.3 Å². The van der Waals surface area contributed by atoms with Crippen LogP contribution in [-0.2, 0) is 27.5 Å². The highest BCUT2D eigenvalue weighted by Gasteiger charge is 2.33. The van der Waals surface area contributed by atoms with Crippen molar-refractivity contribution in [2.45, 2.75) is 39.0 Å². The van der Waals surface area contributed by atoms with Crippen LogP contribution in [0.1, 0.15) is 30.9 Å². The van der Waals surface area contributed by atoms with E-state index in [-0.39, 0.29) is 18.5 Å². The second kappa shape index (κ2) is 6.47. The SMILES string of the molecule is CC1=Nc2cccc(CN)c2COCN1C1CCC(=O)NC1=O. The van der Waals surface area contributed by atoms with Gasteiger partial charge in [0.2, 0.25) is 11.8 Å². The predicted octanol–water partition coefficient (Wildman–Crippen LogP) is 0.790. The first-order valence-electron chi connectivity index (χ1n) is 7.64. The minimum atomic E-state index is -0.435. The first kappa shape index (κ1) is 15.6. The fraction of sp³-hybridized carbons (Fsp3) is 0.438. The molecule has 0 aromatic heterocycles. The number of amides is 2. The summed E-state index contributed by atoms with van der Waals surface area (Å²) in [7, 11) is 0. The molecule has 2 aliphatic heterocycles. The van der Waals surface area contributed by atoms with Crippen molar-refractivity contribution in [3.63, 3.8) is 0 Å². The van der Waals surface area contributed by atoms with Crippen molar-refractivity contribution in [1.29, 1.82) is 0 Å². The van der Waals surface area contributed by atoms with Crippen molar-refractivity contribution >= 4 is 23.3 Å². The van der Waals surface area contributed by atoms with Crippen LogP contribution in [0.15, 0.2) is 23.2 Å². The Bertz CT molecular complexity index is 671. The molecule has 2 amide bonds. The van der Waals surface area contributed by atoms with E-state index >= 15 is 0 Å². The molecule has 1 saturated heterocycles. The molecule has 2 aliphatic rings. The van der Waals surface area contributed by atoms with Crippen LogP contribution < -0.4 is 11.1 Å². The van der Waals surface area contributed by atoms with E-state index in [4.69, 9.17) is 10.5 Å². The van der Waals surface area contributed by atoms with Crippen LogP contribution in [-0.4, -0.2) is 35.3 Å². The third kappa shape index (κ3) is 3.11. The van der Waals surface area contributed by atoms with Crippen molar-refractivity contribution in [2.75, 3.05) is 6.73 Å². The van der Waals surface area contributed by atoms with E-state index in [9.17, 15) is 9.59 Å². The lowest BCUT2D eigenvalue weighted by Crippen LogP contribution is -2.54. The molecule has 1 unspecified atom stereocenters. The zero-order valence-corrected chi connectivity index (χ0v) is 13.0. The average molecular weight is 316 g/mol. The molecule has 0 spiro atoms. The Morgan fingerprint density at radius 2 is 2.26 bits per heavy atom. The van der Waals surface area contributed by atoms with Crippen LogP contribution in [0.2, 0.25) is 0 Å².